The number of halogens is 3. The molecule has 9 heteroatoms. The Hall–Kier alpha value is -3.36. The van der Waals surface area contributed by atoms with E-state index in [2.05, 4.69) is 26.6 Å². The van der Waals surface area contributed by atoms with Crippen molar-refractivity contribution in [1.82, 2.24) is 5.32 Å². The summed E-state index contributed by atoms with van der Waals surface area (Å²) in [7, 11) is 0. The van der Waals surface area contributed by atoms with Crippen molar-refractivity contribution in [2.75, 3.05) is 11.9 Å². The Morgan fingerprint density at radius 2 is 1.74 bits per heavy atom. The van der Waals surface area contributed by atoms with Gasteiger partial charge in [-0.25, -0.2) is 0 Å². The van der Waals surface area contributed by atoms with Crippen LogP contribution in [0.3, 0.4) is 0 Å². The van der Waals surface area contributed by atoms with Crippen LogP contribution in [0, 0.1) is 0 Å². The van der Waals surface area contributed by atoms with E-state index in [1.54, 1.807) is 18.2 Å². The highest BCUT2D eigenvalue weighted by Gasteiger charge is 2.61. The first kappa shape index (κ1) is 28.7. The van der Waals surface area contributed by atoms with Crippen LogP contribution in [0.4, 0.5) is 5.69 Å². The minimum atomic E-state index is -1.23. The van der Waals surface area contributed by atoms with Crippen molar-refractivity contribution >= 4 is 56.6 Å². The molecule has 0 bridgehead atoms. The first-order valence-electron chi connectivity index (χ1n) is 13.6. The van der Waals surface area contributed by atoms with E-state index in [0.717, 1.165) is 27.6 Å². The molecular formula is C33H27BrCl2N2O4. The zero-order valence-corrected chi connectivity index (χ0v) is 25.5. The third-order valence-corrected chi connectivity index (χ3v) is 9.02. The Labute approximate surface area is 262 Å². The second-order valence-electron chi connectivity index (χ2n) is 10.6. The predicted molar refractivity (Wildman–Crippen MR) is 168 cm³/mol. The van der Waals surface area contributed by atoms with Crippen LogP contribution in [-0.4, -0.2) is 23.5 Å². The van der Waals surface area contributed by atoms with Gasteiger partial charge in [-0.2, -0.15) is 0 Å². The van der Waals surface area contributed by atoms with Crippen molar-refractivity contribution in [2.24, 2.45) is 0 Å². The fourth-order valence-electron chi connectivity index (χ4n) is 6.24. The standard InChI is InChI=1S/C33H27BrCl2N2O4/c34-21-8-13-29(42-24-10-6-19(7-11-24)3-2-14-39)25(16-21)31-33(26-12-9-23(36)17-28(26)37-32(33)41)27(18-30(40)38-31)20-4-1-5-22(35)15-20/h1,4-13,15-17,27,31,39H,2-3,14,18H2,(H,37,41)(H,38,40)/t27-,31+,33-/m0/s1. The molecule has 0 aliphatic carbocycles. The number of amides is 2. The number of nitrogens with one attached hydrogen (secondary N) is 2. The van der Waals surface area contributed by atoms with Crippen molar-refractivity contribution in [3.8, 4) is 11.5 Å². The van der Waals surface area contributed by atoms with Gasteiger partial charge in [0, 0.05) is 44.7 Å². The first-order valence-corrected chi connectivity index (χ1v) is 15.2. The lowest BCUT2D eigenvalue weighted by atomic mass is 9.59. The van der Waals surface area contributed by atoms with Gasteiger partial charge in [-0.1, -0.05) is 69.5 Å². The van der Waals surface area contributed by atoms with Gasteiger partial charge >= 0.3 is 0 Å². The van der Waals surface area contributed by atoms with Gasteiger partial charge in [0.1, 0.15) is 16.9 Å². The number of anilines is 1. The molecule has 42 heavy (non-hydrogen) atoms. The summed E-state index contributed by atoms with van der Waals surface area (Å²) in [5, 5.41) is 16.4. The molecule has 0 saturated carbocycles. The molecule has 3 atom stereocenters. The molecule has 2 aliphatic heterocycles. The first-order chi connectivity index (χ1) is 20.3. The quantitative estimate of drug-likeness (QED) is 0.189. The van der Waals surface area contributed by atoms with Gasteiger partial charge < -0.3 is 20.5 Å². The number of piperidine rings is 1. The van der Waals surface area contributed by atoms with Crippen molar-refractivity contribution in [3.05, 3.63) is 122 Å². The number of aliphatic hydroxyl groups excluding tert-OH is 1. The third-order valence-electron chi connectivity index (χ3n) is 8.06. The zero-order chi connectivity index (χ0) is 29.4. The van der Waals surface area contributed by atoms with Gasteiger partial charge in [0.15, 0.2) is 0 Å². The molecule has 0 unspecified atom stereocenters. The number of carbonyl (C=O) groups is 2. The number of ether oxygens (including phenoxy) is 1. The van der Waals surface area contributed by atoms with Crippen LogP contribution in [0.2, 0.25) is 10.0 Å². The molecule has 1 spiro atoms. The van der Waals surface area contributed by atoms with Gasteiger partial charge in [0.05, 0.1) is 6.04 Å². The molecule has 2 aliphatic rings. The summed E-state index contributed by atoms with van der Waals surface area (Å²) in [6.45, 7) is 0.133. The number of fused-ring (bicyclic) bond motifs is 2. The largest absolute Gasteiger partial charge is 0.457 e. The average molecular weight is 666 g/mol. The lowest BCUT2D eigenvalue weighted by Gasteiger charge is -2.46. The molecule has 3 N–H and O–H groups in total. The van der Waals surface area contributed by atoms with Crippen molar-refractivity contribution in [1.29, 1.82) is 0 Å². The number of hydrogen-bond donors (Lipinski definition) is 3. The SMILES string of the molecule is O=C1C[C@@H](c2cccc(Cl)c2)[C@]2(C(=O)Nc3cc(Cl)ccc32)[C@@H](c2cc(Br)ccc2Oc2ccc(CCCO)cc2)N1. The highest BCUT2D eigenvalue weighted by Crippen LogP contribution is 2.58. The number of aliphatic hydroxyl groups is 1. The number of benzene rings is 4. The molecule has 214 valence electrons. The lowest BCUT2D eigenvalue weighted by Crippen LogP contribution is -2.56. The van der Waals surface area contributed by atoms with E-state index >= 15 is 0 Å². The fraction of sp³-hybridized carbons (Fsp3) is 0.212. The fourth-order valence-corrected chi connectivity index (χ4v) is 6.99. The molecule has 6 rings (SSSR count). The summed E-state index contributed by atoms with van der Waals surface area (Å²) in [6.07, 6.45) is 1.54. The summed E-state index contributed by atoms with van der Waals surface area (Å²) in [5.74, 6) is 0.152. The normalized spacial score (nSPS) is 21.1. The topological polar surface area (TPSA) is 87.7 Å². The molecule has 4 aromatic carbocycles. The van der Waals surface area contributed by atoms with Crippen molar-refractivity contribution in [3.63, 3.8) is 0 Å². The van der Waals surface area contributed by atoms with Crippen LogP contribution >= 0.6 is 39.1 Å². The van der Waals surface area contributed by atoms with E-state index in [9.17, 15) is 9.59 Å². The Morgan fingerprint density at radius 3 is 2.50 bits per heavy atom. The summed E-state index contributed by atoms with van der Waals surface area (Å²) >= 11 is 16.4. The summed E-state index contributed by atoms with van der Waals surface area (Å²) < 4.78 is 7.19. The third kappa shape index (κ3) is 5.20. The molecule has 4 aromatic rings. The van der Waals surface area contributed by atoms with Crippen molar-refractivity contribution < 1.29 is 19.4 Å². The van der Waals surface area contributed by atoms with E-state index in [1.165, 1.54) is 0 Å². The molecule has 1 fully saturated rings. The zero-order valence-electron chi connectivity index (χ0n) is 22.4. The number of aryl methyl sites for hydroxylation is 1. The summed E-state index contributed by atoms with van der Waals surface area (Å²) in [5.41, 5.74) is 2.64. The predicted octanol–water partition coefficient (Wildman–Crippen LogP) is 7.71. The Morgan fingerprint density at radius 1 is 0.952 bits per heavy atom. The molecular weight excluding hydrogens is 639 g/mol. The van der Waals surface area contributed by atoms with Crippen LogP contribution < -0.4 is 15.4 Å². The second kappa shape index (κ2) is 11.7. The Balaban J connectivity index is 1.52. The number of rotatable bonds is 7. The van der Waals surface area contributed by atoms with Gasteiger partial charge in [-0.3, -0.25) is 9.59 Å². The van der Waals surface area contributed by atoms with Crippen LogP contribution in [-0.2, 0) is 21.4 Å². The van der Waals surface area contributed by atoms with E-state index in [0.29, 0.717) is 39.2 Å². The monoisotopic (exact) mass is 664 g/mol. The van der Waals surface area contributed by atoms with Gasteiger partial charge in [-0.05, 0) is 84.1 Å². The minimum Gasteiger partial charge on any atom is -0.457 e. The molecule has 1 saturated heterocycles. The average Bonchev–Trinajstić information content (AvgIpc) is 3.25. The van der Waals surface area contributed by atoms with Crippen LogP contribution in [0.1, 0.15) is 47.1 Å². The maximum Gasteiger partial charge on any atom is 0.238 e. The summed E-state index contributed by atoms with van der Waals surface area (Å²) in [6, 6.07) is 25.2. The Bertz CT molecular complexity index is 1680. The van der Waals surface area contributed by atoms with Crippen molar-refractivity contribution in [2.45, 2.75) is 36.6 Å². The van der Waals surface area contributed by atoms with Gasteiger partial charge in [0.2, 0.25) is 11.8 Å². The molecule has 0 radical (unpaired) electrons. The van der Waals surface area contributed by atoms with Gasteiger partial charge in [-0.15, -0.1) is 0 Å². The number of hydrogen-bond acceptors (Lipinski definition) is 4. The van der Waals surface area contributed by atoms with E-state index in [4.69, 9.17) is 33.0 Å². The highest BCUT2D eigenvalue weighted by molar-refractivity contribution is 9.10. The van der Waals surface area contributed by atoms with Crippen LogP contribution in [0.5, 0.6) is 11.5 Å². The maximum atomic E-state index is 14.3. The molecule has 2 amide bonds. The van der Waals surface area contributed by atoms with Crippen LogP contribution in [0.25, 0.3) is 0 Å². The summed E-state index contributed by atoms with van der Waals surface area (Å²) in [4.78, 5) is 27.8. The van der Waals surface area contributed by atoms with E-state index in [-0.39, 0.29) is 24.8 Å². The lowest BCUT2D eigenvalue weighted by molar-refractivity contribution is -0.131. The minimum absolute atomic E-state index is 0.0891. The maximum absolute atomic E-state index is 14.3. The molecule has 6 nitrogen and oxygen atoms in total. The van der Waals surface area contributed by atoms with Gasteiger partial charge in [0.25, 0.3) is 0 Å². The smallest absolute Gasteiger partial charge is 0.238 e. The van der Waals surface area contributed by atoms with E-state index in [1.807, 2.05) is 66.7 Å². The number of carbonyl (C=O) groups excluding carboxylic acids is 2. The molecule has 2 heterocycles. The highest BCUT2D eigenvalue weighted by atomic mass is 79.9. The van der Waals surface area contributed by atoms with E-state index < -0.39 is 17.4 Å². The Kier molecular flexibility index (Phi) is 8.03. The molecule has 0 aromatic heterocycles. The van der Waals surface area contributed by atoms with Crippen LogP contribution in [0.15, 0.2) is 89.4 Å². The second-order valence-corrected chi connectivity index (χ2v) is 12.4.